The Morgan fingerprint density at radius 3 is 2.26 bits per heavy atom. The summed E-state index contributed by atoms with van der Waals surface area (Å²) in [4.78, 5) is 30.0. The van der Waals surface area contributed by atoms with Crippen LogP contribution in [0.1, 0.15) is 12.5 Å². The topological polar surface area (TPSA) is 86.5 Å². The molecule has 0 bridgehead atoms. The van der Waals surface area contributed by atoms with Crippen LogP contribution in [0.2, 0.25) is 0 Å². The van der Waals surface area contributed by atoms with Gasteiger partial charge in [0.15, 0.2) is 11.2 Å². The highest BCUT2D eigenvalue weighted by atomic mass is 16.3. The molecular formula is C23H21N5O3. The van der Waals surface area contributed by atoms with Gasteiger partial charge in [0.1, 0.15) is 5.75 Å². The van der Waals surface area contributed by atoms with Crippen molar-refractivity contribution in [2.75, 3.05) is 0 Å². The zero-order valence-electron chi connectivity index (χ0n) is 17.4. The van der Waals surface area contributed by atoms with Crippen LogP contribution in [0, 0.1) is 0 Å². The van der Waals surface area contributed by atoms with Gasteiger partial charge in [-0.1, -0.05) is 31.2 Å². The van der Waals surface area contributed by atoms with E-state index in [-0.39, 0.29) is 5.75 Å². The number of aryl methyl sites for hydroxylation is 2. The number of hydrogen-bond acceptors (Lipinski definition) is 4. The van der Waals surface area contributed by atoms with Gasteiger partial charge in [-0.15, -0.1) is 0 Å². The average molecular weight is 415 g/mol. The summed E-state index contributed by atoms with van der Waals surface area (Å²) in [5.74, 6) is 0.666. The lowest BCUT2D eigenvalue weighted by Gasteiger charge is -2.10. The van der Waals surface area contributed by atoms with Crippen LogP contribution < -0.4 is 11.2 Å². The smallest absolute Gasteiger partial charge is 0.332 e. The molecule has 0 aliphatic rings. The summed E-state index contributed by atoms with van der Waals surface area (Å²) in [6.45, 7) is 2.11. The Labute approximate surface area is 176 Å². The summed E-state index contributed by atoms with van der Waals surface area (Å²) in [6.07, 6.45) is 2.81. The Hall–Kier alpha value is -4.07. The summed E-state index contributed by atoms with van der Waals surface area (Å²) < 4.78 is 6.11. The van der Waals surface area contributed by atoms with Gasteiger partial charge in [0.05, 0.1) is 5.69 Å². The van der Waals surface area contributed by atoms with Crippen LogP contribution in [0.5, 0.6) is 5.75 Å². The van der Waals surface area contributed by atoms with Crippen molar-refractivity contribution >= 4 is 16.9 Å². The normalized spacial score (nSPS) is 11.6. The van der Waals surface area contributed by atoms with Crippen molar-refractivity contribution in [3.8, 4) is 22.7 Å². The van der Waals surface area contributed by atoms with Crippen LogP contribution in [0.15, 0.2) is 64.3 Å². The van der Waals surface area contributed by atoms with E-state index >= 15 is 0 Å². The molecule has 31 heavy (non-hydrogen) atoms. The standard InChI is InChI=1S/C23H21N5O3/c1-4-14-5-7-15(8-6-14)18-13-27-19-20(25(2)23(31)26(3)21(19)30)24-22(27)28(18)16-9-11-17(29)12-10-16/h5-13,29H,4H2,1-3H3. The fraction of sp³-hybridized carbons (Fsp3) is 0.174. The molecule has 0 spiro atoms. The number of rotatable bonds is 3. The third-order valence-electron chi connectivity index (χ3n) is 5.73. The molecule has 8 heteroatoms. The van der Waals surface area contributed by atoms with E-state index in [2.05, 4.69) is 24.0 Å². The fourth-order valence-corrected chi connectivity index (χ4v) is 3.94. The molecule has 0 aliphatic carbocycles. The van der Waals surface area contributed by atoms with Crippen molar-refractivity contribution in [1.82, 2.24) is 23.1 Å². The molecule has 0 saturated carbocycles. The molecule has 0 saturated heterocycles. The van der Waals surface area contributed by atoms with Crippen LogP contribution in [-0.4, -0.2) is 28.2 Å². The fourth-order valence-electron chi connectivity index (χ4n) is 3.94. The highest BCUT2D eigenvalue weighted by molar-refractivity contribution is 5.79. The van der Waals surface area contributed by atoms with Gasteiger partial charge in [0.25, 0.3) is 5.56 Å². The third kappa shape index (κ3) is 2.72. The van der Waals surface area contributed by atoms with E-state index in [9.17, 15) is 14.7 Å². The number of aromatic nitrogens is 5. The quantitative estimate of drug-likeness (QED) is 0.491. The van der Waals surface area contributed by atoms with Gasteiger partial charge < -0.3 is 5.11 Å². The number of phenols is 1. The predicted molar refractivity (Wildman–Crippen MR) is 119 cm³/mol. The van der Waals surface area contributed by atoms with E-state index in [0.717, 1.165) is 27.9 Å². The van der Waals surface area contributed by atoms with Crippen LogP contribution in [0.3, 0.4) is 0 Å². The second-order valence-corrected chi connectivity index (χ2v) is 7.58. The highest BCUT2D eigenvalue weighted by Crippen LogP contribution is 2.29. The maximum Gasteiger partial charge on any atom is 0.332 e. The van der Waals surface area contributed by atoms with Crippen molar-refractivity contribution in [3.05, 3.63) is 81.1 Å². The first kappa shape index (κ1) is 18.9. The highest BCUT2D eigenvalue weighted by Gasteiger charge is 2.21. The monoisotopic (exact) mass is 415 g/mol. The molecular weight excluding hydrogens is 394 g/mol. The van der Waals surface area contributed by atoms with Crippen molar-refractivity contribution in [2.24, 2.45) is 14.1 Å². The van der Waals surface area contributed by atoms with Crippen LogP contribution in [0.4, 0.5) is 0 Å². The molecule has 0 aliphatic heterocycles. The number of hydrogen-bond donors (Lipinski definition) is 1. The molecule has 1 N–H and O–H groups in total. The molecule has 156 valence electrons. The van der Waals surface area contributed by atoms with Crippen LogP contribution in [-0.2, 0) is 20.5 Å². The van der Waals surface area contributed by atoms with Gasteiger partial charge in [-0.05, 0) is 36.2 Å². The second kappa shape index (κ2) is 6.73. The van der Waals surface area contributed by atoms with Crippen LogP contribution >= 0.6 is 0 Å². The first-order valence-electron chi connectivity index (χ1n) is 9.99. The van der Waals surface area contributed by atoms with E-state index in [1.165, 1.54) is 17.2 Å². The first-order valence-corrected chi connectivity index (χ1v) is 9.99. The molecule has 0 radical (unpaired) electrons. The molecule has 3 aromatic heterocycles. The minimum atomic E-state index is -0.426. The number of aromatic hydroxyl groups is 1. The first-order chi connectivity index (χ1) is 14.9. The second-order valence-electron chi connectivity index (χ2n) is 7.58. The molecule has 0 fully saturated rings. The van der Waals surface area contributed by atoms with Crippen LogP contribution in [0.25, 0.3) is 33.9 Å². The third-order valence-corrected chi connectivity index (χ3v) is 5.73. The molecule has 5 aromatic rings. The van der Waals surface area contributed by atoms with E-state index in [1.54, 1.807) is 35.7 Å². The van der Waals surface area contributed by atoms with E-state index in [0.29, 0.717) is 16.9 Å². The SMILES string of the molecule is CCc1ccc(-c2cn3c4c(=O)n(C)c(=O)n(C)c4nc3n2-c2ccc(O)cc2)cc1. The Balaban J connectivity index is 1.92. The largest absolute Gasteiger partial charge is 0.508 e. The number of benzene rings is 2. The Morgan fingerprint density at radius 1 is 0.935 bits per heavy atom. The van der Waals surface area contributed by atoms with E-state index in [4.69, 9.17) is 0 Å². The van der Waals surface area contributed by atoms with Gasteiger partial charge in [0, 0.05) is 31.5 Å². The number of fused-ring (bicyclic) bond motifs is 3. The molecule has 0 atom stereocenters. The Kier molecular flexibility index (Phi) is 4.11. The number of nitrogens with zero attached hydrogens (tertiary/aromatic N) is 5. The summed E-state index contributed by atoms with van der Waals surface area (Å²) in [6, 6.07) is 15.0. The van der Waals surface area contributed by atoms with Gasteiger partial charge in [0.2, 0.25) is 5.78 Å². The van der Waals surface area contributed by atoms with Gasteiger partial charge in [-0.3, -0.25) is 22.9 Å². The summed E-state index contributed by atoms with van der Waals surface area (Å²) in [5, 5.41) is 9.75. The zero-order chi connectivity index (χ0) is 21.9. The summed E-state index contributed by atoms with van der Waals surface area (Å²) in [5.41, 5.74) is 3.64. The lowest BCUT2D eigenvalue weighted by atomic mass is 10.1. The Morgan fingerprint density at radius 2 is 1.61 bits per heavy atom. The summed E-state index contributed by atoms with van der Waals surface area (Å²) in [7, 11) is 3.07. The minimum Gasteiger partial charge on any atom is -0.508 e. The van der Waals surface area contributed by atoms with Gasteiger partial charge in [-0.2, -0.15) is 4.98 Å². The van der Waals surface area contributed by atoms with Crippen molar-refractivity contribution in [1.29, 1.82) is 0 Å². The maximum atomic E-state index is 12.9. The molecule has 2 aromatic carbocycles. The lowest BCUT2D eigenvalue weighted by Crippen LogP contribution is -2.37. The van der Waals surface area contributed by atoms with E-state index in [1.807, 2.05) is 22.9 Å². The molecule has 3 heterocycles. The van der Waals surface area contributed by atoms with Gasteiger partial charge in [-0.25, -0.2) is 4.79 Å². The zero-order valence-corrected chi connectivity index (χ0v) is 17.4. The summed E-state index contributed by atoms with van der Waals surface area (Å²) >= 11 is 0. The van der Waals surface area contributed by atoms with Gasteiger partial charge >= 0.3 is 5.69 Å². The molecule has 0 amide bonds. The van der Waals surface area contributed by atoms with Crippen molar-refractivity contribution in [3.63, 3.8) is 0 Å². The lowest BCUT2D eigenvalue weighted by molar-refractivity contribution is 0.475. The molecule has 8 nitrogen and oxygen atoms in total. The van der Waals surface area contributed by atoms with E-state index < -0.39 is 11.2 Å². The number of phenolic OH excluding ortho intramolecular Hbond substituents is 1. The Bertz CT molecular complexity index is 1570. The average Bonchev–Trinajstić information content (AvgIpc) is 3.33. The van der Waals surface area contributed by atoms with Crippen molar-refractivity contribution in [2.45, 2.75) is 13.3 Å². The van der Waals surface area contributed by atoms with Crippen molar-refractivity contribution < 1.29 is 5.11 Å². The number of imidazole rings is 2. The predicted octanol–water partition coefficient (Wildman–Crippen LogP) is 2.61. The maximum absolute atomic E-state index is 12.9. The minimum absolute atomic E-state index is 0.158. The molecule has 5 rings (SSSR count). The molecule has 0 unspecified atom stereocenters.